The lowest BCUT2D eigenvalue weighted by molar-refractivity contribution is -0.0834. The lowest BCUT2D eigenvalue weighted by atomic mass is 9.69. The van der Waals surface area contributed by atoms with Gasteiger partial charge in [0.2, 0.25) is 0 Å². The molecule has 2 heteroatoms. The molecular formula is C7H15NO. The molecule has 0 atom stereocenters. The molecule has 54 valence electrons. The van der Waals surface area contributed by atoms with Crippen LogP contribution in [0.4, 0.5) is 0 Å². The molecule has 0 amide bonds. The standard InChI is InChI=1S/C7H15NO/c1-5(2)7(9)3-6(8)4-7/h5-6,9H,3-4,8H2,1-2H3. The van der Waals surface area contributed by atoms with Gasteiger partial charge in [-0.3, -0.25) is 0 Å². The molecule has 0 spiro atoms. The van der Waals surface area contributed by atoms with Gasteiger partial charge in [0, 0.05) is 6.04 Å². The maximum absolute atomic E-state index is 9.58. The Bertz CT molecular complexity index is 105. The van der Waals surface area contributed by atoms with E-state index in [1.807, 2.05) is 13.8 Å². The molecule has 9 heavy (non-hydrogen) atoms. The van der Waals surface area contributed by atoms with Gasteiger partial charge in [-0.05, 0) is 18.8 Å². The molecule has 0 aromatic heterocycles. The zero-order valence-electron chi connectivity index (χ0n) is 6.09. The fourth-order valence-corrected chi connectivity index (χ4v) is 1.32. The number of hydrogen-bond acceptors (Lipinski definition) is 2. The van der Waals surface area contributed by atoms with E-state index < -0.39 is 5.60 Å². The van der Waals surface area contributed by atoms with Crippen LogP contribution in [-0.4, -0.2) is 16.7 Å². The molecule has 0 bridgehead atoms. The second-order valence-corrected chi connectivity index (χ2v) is 3.43. The first-order chi connectivity index (χ1) is 4.04. The van der Waals surface area contributed by atoms with Crippen LogP contribution in [0.25, 0.3) is 0 Å². The summed E-state index contributed by atoms with van der Waals surface area (Å²) in [4.78, 5) is 0. The molecule has 0 aromatic rings. The van der Waals surface area contributed by atoms with E-state index in [0.29, 0.717) is 5.92 Å². The number of aliphatic hydroxyl groups is 1. The summed E-state index contributed by atoms with van der Waals surface area (Å²) in [5.41, 5.74) is 5.10. The Morgan fingerprint density at radius 3 is 2.11 bits per heavy atom. The first-order valence-electron chi connectivity index (χ1n) is 3.52. The van der Waals surface area contributed by atoms with Crippen LogP contribution in [-0.2, 0) is 0 Å². The molecule has 0 saturated heterocycles. The van der Waals surface area contributed by atoms with Crippen LogP contribution >= 0.6 is 0 Å². The van der Waals surface area contributed by atoms with E-state index in [2.05, 4.69) is 0 Å². The van der Waals surface area contributed by atoms with E-state index in [4.69, 9.17) is 5.73 Å². The molecule has 1 aliphatic carbocycles. The van der Waals surface area contributed by atoms with Crippen molar-refractivity contribution in [3.63, 3.8) is 0 Å². The van der Waals surface area contributed by atoms with Crippen molar-refractivity contribution in [3.8, 4) is 0 Å². The fraction of sp³-hybridized carbons (Fsp3) is 1.00. The summed E-state index contributed by atoms with van der Waals surface area (Å²) in [5.74, 6) is 0.359. The van der Waals surface area contributed by atoms with E-state index in [-0.39, 0.29) is 6.04 Å². The largest absolute Gasteiger partial charge is 0.390 e. The predicted molar refractivity (Wildman–Crippen MR) is 37.0 cm³/mol. The SMILES string of the molecule is CC(C)C1(O)CC(N)C1. The Hall–Kier alpha value is -0.0800. The minimum Gasteiger partial charge on any atom is -0.390 e. The molecule has 0 radical (unpaired) electrons. The Labute approximate surface area is 56.1 Å². The van der Waals surface area contributed by atoms with Gasteiger partial charge in [0.15, 0.2) is 0 Å². The van der Waals surface area contributed by atoms with Crippen LogP contribution in [0, 0.1) is 5.92 Å². The highest BCUT2D eigenvalue weighted by Gasteiger charge is 2.42. The highest BCUT2D eigenvalue weighted by Crippen LogP contribution is 2.36. The van der Waals surface area contributed by atoms with Gasteiger partial charge in [-0.25, -0.2) is 0 Å². The van der Waals surface area contributed by atoms with Gasteiger partial charge in [0.05, 0.1) is 5.60 Å². The number of hydrogen-bond donors (Lipinski definition) is 2. The summed E-state index contributed by atoms with van der Waals surface area (Å²) in [7, 11) is 0. The Morgan fingerprint density at radius 2 is 2.00 bits per heavy atom. The summed E-state index contributed by atoms with van der Waals surface area (Å²) >= 11 is 0. The lowest BCUT2D eigenvalue weighted by Crippen LogP contribution is -2.54. The molecule has 0 aromatic carbocycles. The monoisotopic (exact) mass is 129 g/mol. The Kier molecular flexibility index (Phi) is 1.53. The summed E-state index contributed by atoms with van der Waals surface area (Å²) in [6.45, 7) is 4.07. The molecule has 0 unspecified atom stereocenters. The van der Waals surface area contributed by atoms with E-state index in [9.17, 15) is 5.11 Å². The van der Waals surface area contributed by atoms with E-state index in [1.165, 1.54) is 0 Å². The van der Waals surface area contributed by atoms with Crippen molar-refractivity contribution in [1.82, 2.24) is 0 Å². The maximum atomic E-state index is 9.58. The van der Waals surface area contributed by atoms with Crippen molar-refractivity contribution >= 4 is 0 Å². The van der Waals surface area contributed by atoms with Crippen LogP contribution in [0.5, 0.6) is 0 Å². The third-order valence-corrected chi connectivity index (χ3v) is 2.31. The van der Waals surface area contributed by atoms with Gasteiger partial charge >= 0.3 is 0 Å². The van der Waals surface area contributed by atoms with Gasteiger partial charge in [-0.1, -0.05) is 13.8 Å². The topological polar surface area (TPSA) is 46.2 Å². The molecule has 0 heterocycles. The van der Waals surface area contributed by atoms with Crippen molar-refractivity contribution in [2.24, 2.45) is 11.7 Å². The van der Waals surface area contributed by atoms with E-state index in [0.717, 1.165) is 12.8 Å². The minimum absolute atomic E-state index is 0.248. The molecule has 1 saturated carbocycles. The summed E-state index contributed by atoms with van der Waals surface area (Å²) in [6, 6.07) is 0.248. The van der Waals surface area contributed by atoms with Gasteiger partial charge < -0.3 is 10.8 Å². The third-order valence-electron chi connectivity index (χ3n) is 2.31. The summed E-state index contributed by atoms with van der Waals surface area (Å²) < 4.78 is 0. The number of rotatable bonds is 1. The molecule has 1 rings (SSSR count). The van der Waals surface area contributed by atoms with Crippen molar-refractivity contribution in [1.29, 1.82) is 0 Å². The quantitative estimate of drug-likeness (QED) is 0.541. The zero-order valence-corrected chi connectivity index (χ0v) is 6.09. The average molecular weight is 129 g/mol. The van der Waals surface area contributed by atoms with Crippen molar-refractivity contribution < 1.29 is 5.11 Å². The van der Waals surface area contributed by atoms with Crippen LogP contribution in [0.15, 0.2) is 0 Å². The first kappa shape index (κ1) is 7.03. The predicted octanol–water partition coefficient (Wildman–Crippen LogP) is 0.495. The van der Waals surface area contributed by atoms with Crippen LogP contribution in [0.1, 0.15) is 26.7 Å². The van der Waals surface area contributed by atoms with Gasteiger partial charge in [0.25, 0.3) is 0 Å². The molecule has 3 N–H and O–H groups in total. The molecule has 0 aliphatic heterocycles. The highest BCUT2D eigenvalue weighted by molar-refractivity contribution is 4.98. The van der Waals surface area contributed by atoms with Crippen molar-refractivity contribution in [3.05, 3.63) is 0 Å². The Morgan fingerprint density at radius 1 is 1.56 bits per heavy atom. The molecule has 2 nitrogen and oxygen atoms in total. The Balaban J connectivity index is 2.40. The van der Waals surface area contributed by atoms with Gasteiger partial charge in [-0.2, -0.15) is 0 Å². The molecular weight excluding hydrogens is 114 g/mol. The molecule has 1 fully saturated rings. The van der Waals surface area contributed by atoms with E-state index >= 15 is 0 Å². The van der Waals surface area contributed by atoms with Crippen molar-refractivity contribution in [2.75, 3.05) is 0 Å². The summed E-state index contributed by atoms with van der Waals surface area (Å²) in [5, 5.41) is 9.58. The average Bonchev–Trinajstić information content (AvgIpc) is 1.62. The number of nitrogens with two attached hydrogens (primary N) is 1. The summed E-state index contributed by atoms with van der Waals surface area (Å²) in [6.07, 6.45) is 1.56. The van der Waals surface area contributed by atoms with Crippen LogP contribution in [0.2, 0.25) is 0 Å². The zero-order chi connectivity index (χ0) is 7.07. The van der Waals surface area contributed by atoms with E-state index in [1.54, 1.807) is 0 Å². The smallest absolute Gasteiger partial charge is 0.0700 e. The second kappa shape index (κ2) is 1.96. The minimum atomic E-state index is -0.431. The normalized spacial score (nSPS) is 43.0. The fourth-order valence-electron chi connectivity index (χ4n) is 1.32. The van der Waals surface area contributed by atoms with Gasteiger partial charge in [-0.15, -0.1) is 0 Å². The van der Waals surface area contributed by atoms with Crippen LogP contribution in [0.3, 0.4) is 0 Å². The second-order valence-electron chi connectivity index (χ2n) is 3.43. The molecule has 1 aliphatic rings. The van der Waals surface area contributed by atoms with Crippen molar-refractivity contribution in [2.45, 2.75) is 38.3 Å². The first-order valence-corrected chi connectivity index (χ1v) is 3.52. The highest BCUT2D eigenvalue weighted by atomic mass is 16.3. The maximum Gasteiger partial charge on any atom is 0.0700 e. The van der Waals surface area contributed by atoms with Gasteiger partial charge in [0.1, 0.15) is 0 Å². The van der Waals surface area contributed by atoms with Crippen LogP contribution < -0.4 is 5.73 Å². The lowest BCUT2D eigenvalue weighted by Gasteiger charge is -2.44. The third kappa shape index (κ3) is 1.10.